The normalized spacial score (nSPS) is 12.4. The molecule has 0 radical (unpaired) electrons. The molecule has 0 spiro atoms. The summed E-state index contributed by atoms with van der Waals surface area (Å²) in [6.07, 6.45) is 0.917. The topological polar surface area (TPSA) is 77.3 Å². The van der Waals surface area contributed by atoms with Crippen LogP contribution in [0, 0.1) is 11.8 Å². The molecule has 0 bridgehead atoms. The van der Waals surface area contributed by atoms with Crippen LogP contribution in [0.2, 0.25) is 0 Å². The third kappa shape index (κ3) is 7.22. The number of fused-ring (bicyclic) bond motifs is 2. The van der Waals surface area contributed by atoms with Crippen LogP contribution in [0.25, 0.3) is 32.7 Å². The van der Waals surface area contributed by atoms with Gasteiger partial charge in [-0.25, -0.2) is 19.6 Å². The minimum Gasteiger partial charge on any atom is -0.424 e. The van der Waals surface area contributed by atoms with Crippen molar-refractivity contribution in [2.24, 2.45) is 21.8 Å². The van der Waals surface area contributed by atoms with E-state index >= 15 is 0 Å². The van der Waals surface area contributed by atoms with E-state index in [1.165, 1.54) is 0 Å². The van der Waals surface area contributed by atoms with Crippen molar-refractivity contribution in [1.82, 2.24) is 0 Å². The Morgan fingerprint density at radius 1 is 0.643 bits per heavy atom. The largest absolute Gasteiger partial charge is 0.424 e. The number of hydrogen-bond donors (Lipinski definition) is 0. The lowest BCUT2D eigenvalue weighted by Crippen LogP contribution is -2.26. The molecule has 42 heavy (non-hydrogen) atoms. The van der Waals surface area contributed by atoms with Crippen LogP contribution in [0.15, 0.2) is 82.8 Å². The van der Waals surface area contributed by atoms with Gasteiger partial charge in [0.25, 0.3) is 0 Å². The van der Waals surface area contributed by atoms with Crippen molar-refractivity contribution in [3.05, 3.63) is 72.8 Å². The molecule has 8 heteroatoms. The van der Waals surface area contributed by atoms with Gasteiger partial charge in [-0.3, -0.25) is 0 Å². The summed E-state index contributed by atoms with van der Waals surface area (Å²) < 4.78 is 12.1. The van der Waals surface area contributed by atoms with Crippen LogP contribution < -0.4 is 9.47 Å². The van der Waals surface area contributed by atoms with E-state index in [9.17, 15) is 9.59 Å². The van der Waals surface area contributed by atoms with Crippen molar-refractivity contribution >= 4 is 68.2 Å². The van der Waals surface area contributed by atoms with Gasteiger partial charge in [-0.1, -0.05) is 88.4 Å². The highest BCUT2D eigenvalue weighted by Gasteiger charge is 2.27. The smallest absolute Gasteiger partial charge is 0.337 e. The quantitative estimate of drug-likeness (QED) is 0.0748. The molecule has 2 atom stereocenters. The summed E-state index contributed by atoms with van der Waals surface area (Å²) in [4.78, 5) is 35.0. The second kappa shape index (κ2) is 14.2. The van der Waals surface area contributed by atoms with Crippen molar-refractivity contribution in [2.75, 3.05) is 0 Å². The Bertz CT molecular complexity index is 1590. The molecule has 4 aromatic rings. The summed E-state index contributed by atoms with van der Waals surface area (Å²) in [5.41, 5.74) is 1.24. The molecule has 214 valence electrons. The average molecular weight is 597 g/mol. The Morgan fingerprint density at radius 3 is 1.38 bits per heavy atom. The van der Waals surface area contributed by atoms with Crippen molar-refractivity contribution in [3.8, 4) is 22.6 Å². The van der Waals surface area contributed by atoms with E-state index in [4.69, 9.17) is 33.9 Å². The van der Waals surface area contributed by atoms with Crippen LogP contribution in [0.4, 0.5) is 0 Å². The van der Waals surface area contributed by atoms with Crippen LogP contribution in [0.3, 0.4) is 0 Å². The van der Waals surface area contributed by atoms with Crippen molar-refractivity contribution in [2.45, 2.75) is 52.6 Å². The van der Waals surface area contributed by atoms with Gasteiger partial charge in [0.15, 0.2) is 12.1 Å². The van der Waals surface area contributed by atoms with Crippen LogP contribution in [0.5, 0.6) is 11.5 Å². The minimum absolute atomic E-state index is 0.184. The van der Waals surface area contributed by atoms with E-state index in [-0.39, 0.29) is 11.8 Å². The van der Waals surface area contributed by atoms with Gasteiger partial charge in [0.2, 0.25) is 0 Å². The summed E-state index contributed by atoms with van der Waals surface area (Å²) in [6.45, 7) is 7.99. The van der Waals surface area contributed by atoms with Crippen LogP contribution in [0.1, 0.15) is 40.5 Å². The molecule has 0 unspecified atom stereocenters. The van der Waals surface area contributed by atoms with Crippen molar-refractivity contribution in [1.29, 1.82) is 0 Å². The minimum atomic E-state index is -0.795. The highest BCUT2D eigenvalue weighted by atomic mass is 32.1. The third-order valence-electron chi connectivity index (χ3n) is 6.80. The molecule has 0 heterocycles. The zero-order chi connectivity index (χ0) is 30.2. The number of thiocarbonyl (C=S) groups is 2. The van der Waals surface area contributed by atoms with E-state index in [2.05, 4.69) is 20.3 Å². The molecule has 6 nitrogen and oxygen atoms in total. The zero-order valence-corrected chi connectivity index (χ0v) is 25.6. The first kappa shape index (κ1) is 30.9. The molecular weight excluding hydrogens is 565 g/mol. The van der Waals surface area contributed by atoms with Crippen molar-refractivity contribution < 1.29 is 19.1 Å². The number of carbonyl (C=O) groups excluding carboxylic acids is 2. The first-order valence-corrected chi connectivity index (χ1v) is 14.7. The molecule has 0 amide bonds. The average Bonchev–Trinajstić information content (AvgIpc) is 2.96. The fourth-order valence-corrected chi connectivity index (χ4v) is 5.22. The lowest BCUT2D eigenvalue weighted by atomic mass is 9.92. The van der Waals surface area contributed by atoms with Gasteiger partial charge in [0, 0.05) is 11.1 Å². The van der Waals surface area contributed by atoms with E-state index in [0.29, 0.717) is 35.5 Å². The first-order chi connectivity index (χ1) is 20.2. The SMILES string of the molecule is CC(C)C[C@H](N=C=S)C(=O)Oc1ccc2ccccc2c1-c1c(OC(=O)[C@H](CC(C)C)N=C=S)ccc2ccccc12. The number of carbonyl (C=O) groups is 2. The summed E-state index contributed by atoms with van der Waals surface area (Å²) in [7, 11) is 0. The number of hydrogen-bond acceptors (Lipinski definition) is 8. The lowest BCUT2D eigenvalue weighted by molar-refractivity contribution is -0.137. The van der Waals surface area contributed by atoms with E-state index in [0.717, 1.165) is 21.5 Å². The number of benzene rings is 4. The van der Waals surface area contributed by atoms with Crippen molar-refractivity contribution in [3.63, 3.8) is 0 Å². The zero-order valence-electron chi connectivity index (χ0n) is 24.0. The molecule has 0 aliphatic heterocycles. The molecule has 0 aliphatic carbocycles. The van der Waals surface area contributed by atoms with Crippen LogP contribution in [-0.4, -0.2) is 34.3 Å². The van der Waals surface area contributed by atoms with Gasteiger partial charge in [0.05, 0.1) is 10.3 Å². The van der Waals surface area contributed by atoms with Gasteiger partial charge in [-0.15, -0.1) is 0 Å². The molecule has 0 fully saturated rings. The predicted molar refractivity (Wildman–Crippen MR) is 175 cm³/mol. The fourth-order valence-electron chi connectivity index (χ4n) is 4.97. The monoisotopic (exact) mass is 596 g/mol. The molecule has 4 aromatic carbocycles. The molecule has 0 aromatic heterocycles. The van der Waals surface area contributed by atoms with Gasteiger partial charge in [-0.2, -0.15) is 0 Å². The van der Waals surface area contributed by atoms with E-state index < -0.39 is 24.0 Å². The van der Waals surface area contributed by atoms with Gasteiger partial charge in [0.1, 0.15) is 11.5 Å². The second-order valence-corrected chi connectivity index (χ2v) is 11.3. The number of nitrogens with zero attached hydrogens (tertiary/aromatic N) is 2. The maximum Gasteiger partial charge on any atom is 0.337 e. The third-order valence-corrected chi connectivity index (χ3v) is 7.01. The predicted octanol–water partition coefficient (Wildman–Crippen LogP) is 8.51. The number of esters is 2. The second-order valence-electron chi connectivity index (χ2n) is 10.9. The van der Waals surface area contributed by atoms with Gasteiger partial charge < -0.3 is 9.47 Å². The maximum atomic E-state index is 13.4. The molecular formula is C34H32N2O4S2. The van der Waals surface area contributed by atoms with Gasteiger partial charge in [-0.05, 0) is 82.8 Å². The van der Waals surface area contributed by atoms with E-state index in [1.54, 1.807) is 12.1 Å². The molecule has 0 saturated carbocycles. The number of aliphatic imine (C=N–C) groups is 2. The maximum absolute atomic E-state index is 13.4. The summed E-state index contributed by atoms with van der Waals surface area (Å²) in [6, 6.07) is 21.3. The summed E-state index contributed by atoms with van der Waals surface area (Å²) in [5, 5.41) is 8.17. The summed E-state index contributed by atoms with van der Waals surface area (Å²) >= 11 is 9.63. The molecule has 4 rings (SSSR count). The molecule has 0 N–H and O–H groups in total. The Kier molecular flexibility index (Phi) is 10.5. The highest BCUT2D eigenvalue weighted by Crippen LogP contribution is 2.45. The Hall–Kier alpha value is -4.06. The molecule has 0 aliphatic rings. The van der Waals surface area contributed by atoms with E-state index in [1.807, 2.05) is 88.4 Å². The fraction of sp³-hybridized carbons (Fsp3) is 0.294. The summed E-state index contributed by atoms with van der Waals surface area (Å²) in [5.74, 6) is -0.0766. The molecule has 0 saturated heterocycles. The Morgan fingerprint density at radius 2 is 1.02 bits per heavy atom. The number of ether oxygens (including phenoxy) is 2. The van der Waals surface area contributed by atoms with Crippen LogP contribution in [-0.2, 0) is 9.59 Å². The first-order valence-electron chi connectivity index (χ1n) is 13.8. The highest BCUT2D eigenvalue weighted by molar-refractivity contribution is 7.78. The lowest BCUT2D eigenvalue weighted by Gasteiger charge is -2.20. The Labute approximate surface area is 256 Å². The van der Waals surface area contributed by atoms with Crippen LogP contribution >= 0.6 is 24.4 Å². The Balaban J connectivity index is 1.95. The van der Waals surface area contributed by atoms with Gasteiger partial charge >= 0.3 is 11.9 Å². The number of rotatable bonds is 11. The standard InChI is InChI=1S/C34H32N2O4S2/c1-21(2)17-27(35-19-41)33(37)39-29-15-13-23-9-5-7-11-25(23)31(29)32-26-12-8-6-10-24(26)14-16-30(32)40-34(38)28(36-20-42)18-22(3)4/h5-16,21-22,27-28H,17-18H2,1-4H3/t27-,28-/m0/s1. The number of isothiocyanates is 2.